The van der Waals surface area contributed by atoms with E-state index in [1.54, 1.807) is 0 Å². The highest BCUT2D eigenvalue weighted by Gasteiger charge is 2.36. The minimum Gasteiger partial charge on any atom is -0.481 e. The molecule has 0 saturated heterocycles. The van der Waals surface area contributed by atoms with Gasteiger partial charge in [0.15, 0.2) is 0 Å². The molecular weight excluding hydrogens is 262 g/mol. The van der Waals surface area contributed by atoms with Crippen LogP contribution in [0.25, 0.3) is 0 Å². The summed E-state index contributed by atoms with van der Waals surface area (Å²) in [7, 11) is 3.98. The molecule has 1 fully saturated rings. The Kier molecular flexibility index (Phi) is 5.94. The van der Waals surface area contributed by atoms with Crippen molar-refractivity contribution in [2.75, 3.05) is 20.6 Å². The minimum atomic E-state index is -1.06. The zero-order valence-corrected chi connectivity index (χ0v) is 12.1. The second kappa shape index (κ2) is 7.23. The second-order valence-corrected chi connectivity index (χ2v) is 5.45. The molecule has 114 valence electrons. The molecule has 0 aliphatic heterocycles. The Balaban J connectivity index is 2.35. The van der Waals surface area contributed by atoms with Crippen LogP contribution in [0.4, 0.5) is 4.79 Å². The molecule has 0 spiro atoms. The van der Waals surface area contributed by atoms with Crippen LogP contribution < -0.4 is 10.6 Å². The summed E-state index contributed by atoms with van der Waals surface area (Å²) >= 11 is 0. The average molecular weight is 285 g/mol. The van der Waals surface area contributed by atoms with Gasteiger partial charge in [-0.15, -0.1) is 0 Å². The molecule has 0 radical (unpaired) electrons. The van der Waals surface area contributed by atoms with E-state index in [2.05, 4.69) is 15.5 Å². The third kappa shape index (κ3) is 4.80. The molecular formula is C13H23N3O4. The molecule has 3 N–H and O–H groups in total. The molecule has 3 amide bonds. The van der Waals surface area contributed by atoms with Crippen molar-refractivity contribution >= 4 is 17.9 Å². The van der Waals surface area contributed by atoms with Crippen molar-refractivity contribution in [3.8, 4) is 0 Å². The van der Waals surface area contributed by atoms with Gasteiger partial charge in [0.2, 0.25) is 5.91 Å². The lowest BCUT2D eigenvalue weighted by Gasteiger charge is -2.36. The molecule has 0 aromatic carbocycles. The minimum absolute atomic E-state index is 0.0402. The van der Waals surface area contributed by atoms with Crippen LogP contribution in [-0.4, -0.2) is 54.1 Å². The quantitative estimate of drug-likeness (QED) is 0.662. The molecule has 0 unspecified atom stereocenters. The summed E-state index contributed by atoms with van der Waals surface area (Å²) in [5.41, 5.74) is -0.0402. The summed E-state index contributed by atoms with van der Waals surface area (Å²) in [5.74, 6) is -1.63. The summed E-state index contributed by atoms with van der Waals surface area (Å²) in [6.07, 6.45) is 3.85. The average Bonchev–Trinajstić information content (AvgIpc) is 2.84. The van der Waals surface area contributed by atoms with Gasteiger partial charge in [-0.3, -0.25) is 14.9 Å². The molecule has 0 bridgehead atoms. The van der Waals surface area contributed by atoms with Crippen molar-refractivity contribution in [3.05, 3.63) is 0 Å². The van der Waals surface area contributed by atoms with Gasteiger partial charge in [-0.1, -0.05) is 12.8 Å². The number of rotatable bonds is 6. The number of nitrogens with one attached hydrogen (secondary N) is 2. The van der Waals surface area contributed by atoms with Gasteiger partial charge in [-0.2, -0.15) is 0 Å². The standard InChI is InChI=1S/C13H23N3O4/c1-16(2)13(7-3-4-8-13)9-14-12(20)15-10(17)5-6-11(18)19/h3-9H2,1-2H3,(H,18,19)(H2,14,15,17,20). The van der Waals surface area contributed by atoms with E-state index in [0.29, 0.717) is 6.54 Å². The number of hydrogen-bond donors (Lipinski definition) is 3. The number of hydrogen-bond acceptors (Lipinski definition) is 4. The molecule has 0 heterocycles. The Morgan fingerprint density at radius 3 is 2.25 bits per heavy atom. The van der Waals surface area contributed by atoms with Gasteiger partial charge in [0.25, 0.3) is 0 Å². The van der Waals surface area contributed by atoms with Gasteiger partial charge in [0.1, 0.15) is 0 Å². The van der Waals surface area contributed by atoms with Crippen molar-refractivity contribution in [1.29, 1.82) is 0 Å². The number of imide groups is 1. The number of aliphatic carboxylic acids is 1. The molecule has 0 atom stereocenters. The predicted molar refractivity (Wildman–Crippen MR) is 73.3 cm³/mol. The number of nitrogens with zero attached hydrogens (tertiary/aromatic N) is 1. The highest BCUT2D eigenvalue weighted by Crippen LogP contribution is 2.32. The van der Waals surface area contributed by atoms with Crippen LogP contribution in [0.15, 0.2) is 0 Å². The smallest absolute Gasteiger partial charge is 0.321 e. The van der Waals surface area contributed by atoms with Crippen LogP contribution in [0.3, 0.4) is 0 Å². The highest BCUT2D eigenvalue weighted by molar-refractivity contribution is 5.95. The molecule has 0 aromatic rings. The van der Waals surface area contributed by atoms with Crippen LogP contribution >= 0.6 is 0 Å². The van der Waals surface area contributed by atoms with Crippen molar-refractivity contribution in [2.45, 2.75) is 44.1 Å². The van der Waals surface area contributed by atoms with Gasteiger partial charge in [-0.05, 0) is 26.9 Å². The maximum atomic E-state index is 11.6. The van der Waals surface area contributed by atoms with Crippen molar-refractivity contribution in [2.24, 2.45) is 0 Å². The van der Waals surface area contributed by atoms with Gasteiger partial charge >= 0.3 is 12.0 Å². The third-order valence-electron chi connectivity index (χ3n) is 3.88. The van der Waals surface area contributed by atoms with E-state index < -0.39 is 17.9 Å². The molecule has 7 nitrogen and oxygen atoms in total. The summed E-state index contributed by atoms with van der Waals surface area (Å²) in [6.45, 7) is 0.484. The normalized spacial score (nSPS) is 16.9. The Bertz CT molecular complexity index is 376. The SMILES string of the molecule is CN(C)C1(CNC(=O)NC(=O)CCC(=O)O)CCCC1. The van der Waals surface area contributed by atoms with Crippen LogP contribution in [-0.2, 0) is 9.59 Å². The zero-order chi connectivity index (χ0) is 15.2. The van der Waals surface area contributed by atoms with Gasteiger partial charge < -0.3 is 15.3 Å². The van der Waals surface area contributed by atoms with Crippen molar-refractivity contribution in [3.63, 3.8) is 0 Å². The van der Waals surface area contributed by atoms with E-state index in [-0.39, 0.29) is 18.4 Å². The van der Waals surface area contributed by atoms with Crippen LogP contribution in [0, 0.1) is 0 Å². The molecule has 1 saturated carbocycles. The first-order valence-corrected chi connectivity index (χ1v) is 6.83. The number of likely N-dealkylation sites (N-methyl/N-ethyl adjacent to an activating group) is 1. The number of amides is 3. The highest BCUT2D eigenvalue weighted by atomic mass is 16.4. The fraction of sp³-hybridized carbons (Fsp3) is 0.769. The lowest BCUT2D eigenvalue weighted by molar-refractivity contribution is -0.138. The monoisotopic (exact) mass is 285 g/mol. The Morgan fingerprint density at radius 2 is 1.75 bits per heavy atom. The topological polar surface area (TPSA) is 98.7 Å². The first-order chi connectivity index (χ1) is 9.35. The number of carbonyl (C=O) groups excluding carboxylic acids is 2. The number of carboxylic acids is 1. The number of urea groups is 1. The third-order valence-corrected chi connectivity index (χ3v) is 3.88. The van der Waals surface area contributed by atoms with Gasteiger partial charge in [0, 0.05) is 18.5 Å². The van der Waals surface area contributed by atoms with Crippen molar-refractivity contribution < 1.29 is 19.5 Å². The van der Waals surface area contributed by atoms with E-state index in [9.17, 15) is 14.4 Å². The molecule has 7 heteroatoms. The van der Waals surface area contributed by atoms with E-state index >= 15 is 0 Å². The van der Waals surface area contributed by atoms with E-state index in [1.165, 1.54) is 0 Å². The Morgan fingerprint density at radius 1 is 1.15 bits per heavy atom. The van der Waals surface area contributed by atoms with E-state index in [0.717, 1.165) is 25.7 Å². The summed E-state index contributed by atoms with van der Waals surface area (Å²) in [6, 6.07) is -0.562. The first-order valence-electron chi connectivity index (χ1n) is 6.83. The van der Waals surface area contributed by atoms with Gasteiger partial charge in [0.05, 0.1) is 6.42 Å². The summed E-state index contributed by atoms with van der Waals surface area (Å²) in [4.78, 5) is 35.4. The predicted octanol–water partition coefficient (Wildman–Crippen LogP) is 0.551. The number of carboxylic acid groups (broad SMARTS) is 1. The van der Waals surface area contributed by atoms with E-state index in [4.69, 9.17) is 5.11 Å². The Hall–Kier alpha value is -1.63. The van der Waals surface area contributed by atoms with Crippen LogP contribution in [0.2, 0.25) is 0 Å². The lowest BCUT2D eigenvalue weighted by Crippen LogP contribution is -2.53. The summed E-state index contributed by atoms with van der Waals surface area (Å²) < 4.78 is 0. The Labute approximate surface area is 118 Å². The summed E-state index contributed by atoms with van der Waals surface area (Å²) in [5, 5.41) is 13.3. The van der Waals surface area contributed by atoms with Crippen LogP contribution in [0.5, 0.6) is 0 Å². The van der Waals surface area contributed by atoms with Crippen LogP contribution in [0.1, 0.15) is 38.5 Å². The largest absolute Gasteiger partial charge is 0.481 e. The molecule has 0 aromatic heterocycles. The molecule has 20 heavy (non-hydrogen) atoms. The number of carbonyl (C=O) groups is 3. The lowest BCUT2D eigenvalue weighted by atomic mass is 9.96. The fourth-order valence-corrected chi connectivity index (χ4v) is 2.51. The maximum Gasteiger partial charge on any atom is 0.321 e. The second-order valence-electron chi connectivity index (χ2n) is 5.45. The molecule has 1 rings (SSSR count). The van der Waals surface area contributed by atoms with Crippen molar-refractivity contribution in [1.82, 2.24) is 15.5 Å². The molecule has 1 aliphatic carbocycles. The fourth-order valence-electron chi connectivity index (χ4n) is 2.51. The van der Waals surface area contributed by atoms with E-state index in [1.807, 2.05) is 14.1 Å². The molecule has 1 aliphatic rings. The van der Waals surface area contributed by atoms with Gasteiger partial charge in [-0.25, -0.2) is 4.79 Å². The zero-order valence-electron chi connectivity index (χ0n) is 12.1. The maximum absolute atomic E-state index is 11.6. The first kappa shape index (κ1) is 16.4.